The Balaban J connectivity index is 2.37. The summed E-state index contributed by atoms with van der Waals surface area (Å²) >= 11 is 0. The molecule has 0 spiro atoms. The zero-order valence-electron chi connectivity index (χ0n) is 9.86. The summed E-state index contributed by atoms with van der Waals surface area (Å²) in [5.74, 6) is -0.254. The van der Waals surface area contributed by atoms with Crippen LogP contribution < -0.4 is 5.73 Å². The van der Waals surface area contributed by atoms with E-state index in [1.807, 2.05) is 10.9 Å². The average Bonchev–Trinajstić information content (AvgIpc) is 2.78. The van der Waals surface area contributed by atoms with Crippen LogP contribution in [-0.4, -0.2) is 9.78 Å². The Morgan fingerprint density at radius 3 is 2.94 bits per heavy atom. The first-order valence-electron chi connectivity index (χ1n) is 5.76. The average molecular weight is 233 g/mol. The lowest BCUT2D eigenvalue weighted by Crippen LogP contribution is -1.99. The van der Waals surface area contributed by atoms with Crippen LogP contribution in [0.1, 0.15) is 18.9 Å². The maximum absolute atomic E-state index is 13.1. The lowest BCUT2D eigenvalue weighted by atomic mass is 10.0. The van der Waals surface area contributed by atoms with Gasteiger partial charge >= 0.3 is 0 Å². The normalized spacial score (nSPS) is 10.8. The van der Waals surface area contributed by atoms with E-state index in [1.165, 1.54) is 12.1 Å². The number of nitrogens with zero attached hydrogens (tertiary/aromatic N) is 2. The molecule has 0 bridgehead atoms. The number of nitrogens with two attached hydrogens (primary N) is 1. The third-order valence-electron chi connectivity index (χ3n) is 2.68. The number of aromatic nitrogens is 2. The summed E-state index contributed by atoms with van der Waals surface area (Å²) in [7, 11) is 0. The van der Waals surface area contributed by atoms with E-state index in [0.29, 0.717) is 6.54 Å². The number of hydrogen-bond acceptors (Lipinski definition) is 2. The summed E-state index contributed by atoms with van der Waals surface area (Å²) in [6.45, 7) is 3.32. The molecule has 90 valence electrons. The minimum atomic E-state index is -0.254. The van der Waals surface area contributed by atoms with Gasteiger partial charge in [0.25, 0.3) is 0 Å². The van der Waals surface area contributed by atoms with E-state index in [1.54, 1.807) is 12.3 Å². The molecule has 0 aliphatic carbocycles. The highest BCUT2D eigenvalue weighted by molar-refractivity contribution is 5.66. The van der Waals surface area contributed by atoms with Crippen LogP contribution in [0.15, 0.2) is 30.6 Å². The maximum Gasteiger partial charge on any atom is 0.123 e. The van der Waals surface area contributed by atoms with Crippen molar-refractivity contribution in [2.45, 2.75) is 26.4 Å². The van der Waals surface area contributed by atoms with E-state index in [9.17, 15) is 4.39 Å². The molecule has 1 aromatic heterocycles. The first kappa shape index (κ1) is 11.8. The van der Waals surface area contributed by atoms with Crippen LogP contribution in [0.2, 0.25) is 0 Å². The molecule has 0 aliphatic rings. The molecule has 4 heteroatoms. The molecule has 0 atom stereocenters. The molecule has 17 heavy (non-hydrogen) atoms. The lowest BCUT2D eigenvalue weighted by molar-refractivity contribution is 0.603. The second-order valence-corrected chi connectivity index (χ2v) is 4.00. The van der Waals surface area contributed by atoms with E-state index in [4.69, 9.17) is 5.73 Å². The van der Waals surface area contributed by atoms with Crippen molar-refractivity contribution in [1.82, 2.24) is 9.78 Å². The fourth-order valence-electron chi connectivity index (χ4n) is 1.87. The molecule has 1 heterocycles. The predicted molar refractivity (Wildman–Crippen MR) is 65.8 cm³/mol. The molecule has 0 fully saturated rings. The maximum atomic E-state index is 13.1. The first-order valence-corrected chi connectivity index (χ1v) is 5.76. The van der Waals surface area contributed by atoms with E-state index < -0.39 is 0 Å². The largest absolute Gasteiger partial charge is 0.326 e. The molecule has 0 aliphatic heterocycles. The number of halogens is 1. The predicted octanol–water partition coefficient (Wildman–Crippen LogP) is 2.56. The van der Waals surface area contributed by atoms with Gasteiger partial charge in [-0.3, -0.25) is 4.68 Å². The molecular weight excluding hydrogens is 217 g/mol. The standard InChI is InChI=1S/C13H16FN3/c1-2-5-17-9-11(8-16-17)13-4-3-12(14)6-10(13)7-15/h3-4,6,8-9H,2,5,7,15H2,1H3. The third-order valence-corrected chi connectivity index (χ3v) is 2.68. The van der Waals surface area contributed by atoms with Crippen LogP contribution in [-0.2, 0) is 13.1 Å². The van der Waals surface area contributed by atoms with Gasteiger partial charge in [0.1, 0.15) is 5.82 Å². The van der Waals surface area contributed by atoms with Crippen molar-refractivity contribution < 1.29 is 4.39 Å². The van der Waals surface area contributed by atoms with Gasteiger partial charge in [-0.1, -0.05) is 13.0 Å². The first-order chi connectivity index (χ1) is 8.24. The molecule has 1 aromatic carbocycles. The van der Waals surface area contributed by atoms with Crippen LogP contribution in [0.4, 0.5) is 4.39 Å². The third kappa shape index (κ3) is 2.53. The van der Waals surface area contributed by atoms with Crippen molar-refractivity contribution in [3.8, 4) is 11.1 Å². The highest BCUT2D eigenvalue weighted by Gasteiger charge is 2.07. The fourth-order valence-corrected chi connectivity index (χ4v) is 1.87. The minimum Gasteiger partial charge on any atom is -0.326 e. The van der Waals surface area contributed by atoms with Crippen molar-refractivity contribution in [2.24, 2.45) is 5.73 Å². The molecule has 0 saturated carbocycles. The van der Waals surface area contributed by atoms with Gasteiger partial charge in [0, 0.05) is 24.8 Å². The second kappa shape index (κ2) is 5.10. The Morgan fingerprint density at radius 1 is 1.41 bits per heavy atom. The fraction of sp³-hybridized carbons (Fsp3) is 0.308. The molecule has 2 aromatic rings. The van der Waals surface area contributed by atoms with Gasteiger partial charge in [-0.25, -0.2) is 4.39 Å². The zero-order valence-corrected chi connectivity index (χ0v) is 9.86. The summed E-state index contributed by atoms with van der Waals surface area (Å²) < 4.78 is 15.0. The monoisotopic (exact) mass is 233 g/mol. The van der Waals surface area contributed by atoms with Crippen LogP contribution in [0.5, 0.6) is 0 Å². The Bertz CT molecular complexity index is 505. The zero-order chi connectivity index (χ0) is 12.3. The van der Waals surface area contributed by atoms with Gasteiger partial charge in [-0.05, 0) is 29.7 Å². The van der Waals surface area contributed by atoms with Gasteiger partial charge < -0.3 is 5.73 Å². The van der Waals surface area contributed by atoms with Crippen molar-refractivity contribution in [3.63, 3.8) is 0 Å². The smallest absolute Gasteiger partial charge is 0.123 e. The molecule has 0 radical (unpaired) electrons. The number of rotatable bonds is 4. The Hall–Kier alpha value is -1.68. The minimum absolute atomic E-state index is 0.254. The van der Waals surface area contributed by atoms with Crippen LogP contribution in [0, 0.1) is 5.82 Å². The molecule has 0 amide bonds. The van der Waals surface area contributed by atoms with Crippen molar-refractivity contribution in [1.29, 1.82) is 0 Å². The Kier molecular flexibility index (Phi) is 3.54. The topological polar surface area (TPSA) is 43.8 Å². The van der Waals surface area contributed by atoms with Crippen molar-refractivity contribution in [3.05, 3.63) is 42.0 Å². The quantitative estimate of drug-likeness (QED) is 0.882. The summed E-state index contributed by atoms with van der Waals surface area (Å²) in [6, 6.07) is 4.68. The molecule has 2 N–H and O–H groups in total. The van der Waals surface area contributed by atoms with E-state index in [2.05, 4.69) is 12.0 Å². The van der Waals surface area contributed by atoms with Gasteiger partial charge in [-0.2, -0.15) is 5.10 Å². The van der Waals surface area contributed by atoms with Gasteiger partial charge in [0.05, 0.1) is 6.20 Å². The molecular formula is C13H16FN3. The highest BCUT2D eigenvalue weighted by Crippen LogP contribution is 2.23. The van der Waals surface area contributed by atoms with Crippen molar-refractivity contribution in [2.75, 3.05) is 0 Å². The van der Waals surface area contributed by atoms with Crippen molar-refractivity contribution >= 4 is 0 Å². The van der Waals surface area contributed by atoms with Gasteiger partial charge in [-0.15, -0.1) is 0 Å². The molecule has 2 rings (SSSR count). The Morgan fingerprint density at radius 2 is 2.24 bits per heavy atom. The van der Waals surface area contributed by atoms with E-state index in [-0.39, 0.29) is 5.82 Å². The molecule has 0 unspecified atom stereocenters. The summed E-state index contributed by atoms with van der Waals surface area (Å²) in [4.78, 5) is 0. The molecule has 0 saturated heterocycles. The summed E-state index contributed by atoms with van der Waals surface area (Å²) in [5.41, 5.74) is 8.37. The van der Waals surface area contributed by atoms with Crippen LogP contribution in [0.25, 0.3) is 11.1 Å². The lowest BCUT2D eigenvalue weighted by Gasteiger charge is -2.05. The van der Waals surface area contributed by atoms with E-state index in [0.717, 1.165) is 29.7 Å². The molecule has 3 nitrogen and oxygen atoms in total. The number of aryl methyl sites for hydroxylation is 1. The van der Waals surface area contributed by atoms with Gasteiger partial charge in [0.15, 0.2) is 0 Å². The number of benzene rings is 1. The summed E-state index contributed by atoms with van der Waals surface area (Å²) in [5, 5.41) is 4.26. The SMILES string of the molecule is CCCn1cc(-c2ccc(F)cc2CN)cn1. The summed E-state index contributed by atoms with van der Waals surface area (Å²) in [6.07, 6.45) is 4.80. The Labute approximate surface area is 100 Å². The van der Waals surface area contributed by atoms with Crippen LogP contribution in [0.3, 0.4) is 0 Å². The van der Waals surface area contributed by atoms with Gasteiger partial charge in [0.2, 0.25) is 0 Å². The van der Waals surface area contributed by atoms with E-state index >= 15 is 0 Å². The van der Waals surface area contributed by atoms with Crippen LogP contribution >= 0.6 is 0 Å². The number of hydrogen-bond donors (Lipinski definition) is 1. The highest BCUT2D eigenvalue weighted by atomic mass is 19.1. The second-order valence-electron chi connectivity index (χ2n) is 4.00.